The zero-order chi connectivity index (χ0) is 32.6. The van der Waals surface area contributed by atoms with Gasteiger partial charge in [-0.05, 0) is 82.4 Å². The molecule has 0 spiro atoms. The van der Waals surface area contributed by atoms with Gasteiger partial charge >= 0.3 is 0 Å². The second-order valence-electron chi connectivity index (χ2n) is 12.2. The van der Waals surface area contributed by atoms with E-state index in [0.29, 0.717) is 18.7 Å². The van der Waals surface area contributed by atoms with Crippen LogP contribution in [0.25, 0.3) is 10.9 Å². The number of aromatic nitrogens is 2. The van der Waals surface area contributed by atoms with Gasteiger partial charge in [-0.25, -0.2) is 16.8 Å². The number of fused-ring (bicyclic) bond motifs is 1. The lowest BCUT2D eigenvalue weighted by Gasteiger charge is -2.47. The molecular formula is C33H38N4O6S2. The number of likely N-dealkylation sites (N-methyl/N-ethyl adjacent to an activating group) is 1. The number of rotatable bonds is 10. The van der Waals surface area contributed by atoms with Gasteiger partial charge in [-0.15, -0.1) is 0 Å². The van der Waals surface area contributed by atoms with Crippen molar-refractivity contribution in [2.45, 2.75) is 42.0 Å². The molecule has 0 saturated carbocycles. The number of hydrogen-bond acceptors (Lipinski definition) is 8. The minimum Gasteiger partial charge on any atom is -0.377 e. The number of sulfone groups is 1. The Morgan fingerprint density at radius 1 is 0.978 bits per heavy atom. The van der Waals surface area contributed by atoms with Crippen molar-refractivity contribution in [1.82, 2.24) is 19.1 Å². The van der Waals surface area contributed by atoms with E-state index in [1.165, 1.54) is 24.6 Å². The molecule has 5 rings (SSSR count). The molecule has 0 unspecified atom stereocenters. The van der Waals surface area contributed by atoms with Crippen LogP contribution in [0.3, 0.4) is 0 Å². The summed E-state index contributed by atoms with van der Waals surface area (Å²) in [7, 11) is -3.99. The number of hydrogen-bond donors (Lipinski definition) is 1. The van der Waals surface area contributed by atoms with Gasteiger partial charge in [-0.2, -0.15) is 5.10 Å². The van der Waals surface area contributed by atoms with Gasteiger partial charge in [-0.3, -0.25) is 14.8 Å². The fourth-order valence-corrected chi connectivity index (χ4v) is 7.27. The molecule has 1 N–H and O–H groups in total. The van der Waals surface area contributed by atoms with Gasteiger partial charge < -0.3 is 4.74 Å². The number of nitrogens with zero attached hydrogens (tertiary/aromatic N) is 4. The fourth-order valence-electron chi connectivity index (χ4n) is 5.19. The number of sulfonamides is 1. The average molecular weight is 651 g/mol. The van der Waals surface area contributed by atoms with Gasteiger partial charge in [0.05, 0.1) is 40.5 Å². The average Bonchev–Trinajstić information content (AvgIpc) is 3.37. The van der Waals surface area contributed by atoms with Crippen molar-refractivity contribution >= 4 is 30.8 Å². The largest absolute Gasteiger partial charge is 0.377 e. The van der Waals surface area contributed by atoms with Crippen LogP contribution in [-0.4, -0.2) is 86.0 Å². The highest BCUT2D eigenvalue weighted by Gasteiger charge is 2.42. The van der Waals surface area contributed by atoms with Gasteiger partial charge in [0, 0.05) is 35.5 Å². The number of aryl methyl sites for hydroxylation is 2. The van der Waals surface area contributed by atoms with Crippen molar-refractivity contribution in [3.63, 3.8) is 0 Å². The first-order valence-corrected chi connectivity index (χ1v) is 17.8. The normalized spacial score (nSPS) is 16.3. The Kier molecular flexibility index (Phi) is 8.98. The molecule has 1 fully saturated rings. The molecule has 45 heavy (non-hydrogen) atoms. The Morgan fingerprint density at radius 2 is 1.60 bits per heavy atom. The topological polar surface area (TPSA) is 122 Å². The number of hydroxylamine groups is 1. The maximum Gasteiger partial charge on any atom is 0.264 e. The van der Waals surface area contributed by atoms with E-state index in [4.69, 9.17) is 4.74 Å². The van der Waals surface area contributed by atoms with Crippen LogP contribution in [0.15, 0.2) is 77.8 Å². The second kappa shape index (κ2) is 12.3. The Balaban J connectivity index is 1.29. The molecule has 3 aromatic carbocycles. The summed E-state index contributed by atoms with van der Waals surface area (Å²) in [5.74, 6) is 6.42. The molecule has 1 saturated heterocycles. The van der Waals surface area contributed by atoms with Crippen molar-refractivity contribution in [2.75, 3.05) is 40.1 Å². The van der Waals surface area contributed by atoms with Gasteiger partial charge in [0.25, 0.3) is 10.0 Å². The molecule has 0 bridgehead atoms. The summed E-state index contributed by atoms with van der Waals surface area (Å²) in [5.41, 5.74) is 4.38. The summed E-state index contributed by atoms with van der Waals surface area (Å²) in [5, 5.41) is 16.0. The second-order valence-corrected chi connectivity index (χ2v) is 16.6. The van der Waals surface area contributed by atoms with E-state index in [0.717, 1.165) is 28.3 Å². The molecule has 1 aliphatic rings. The highest BCUT2D eigenvalue weighted by molar-refractivity contribution is 7.92. The van der Waals surface area contributed by atoms with Crippen LogP contribution in [0.4, 0.5) is 0 Å². The van der Waals surface area contributed by atoms with Gasteiger partial charge in [0.1, 0.15) is 0 Å². The van der Waals surface area contributed by atoms with E-state index in [2.05, 4.69) is 48.1 Å². The molecule has 1 atom stereocenters. The summed E-state index contributed by atoms with van der Waals surface area (Å²) in [6.07, 6.45) is 2.86. The van der Waals surface area contributed by atoms with E-state index < -0.39 is 31.2 Å². The van der Waals surface area contributed by atoms with Crippen molar-refractivity contribution in [1.29, 1.82) is 0 Å². The number of benzene rings is 3. The zero-order valence-electron chi connectivity index (χ0n) is 26.1. The lowest BCUT2D eigenvalue weighted by Crippen LogP contribution is -2.56. The molecule has 12 heteroatoms. The lowest BCUT2D eigenvalue weighted by molar-refractivity contribution is -0.130. The summed E-state index contributed by atoms with van der Waals surface area (Å²) in [6.45, 7) is 4.13. The van der Waals surface area contributed by atoms with Crippen LogP contribution >= 0.6 is 0 Å². The van der Waals surface area contributed by atoms with Crippen LogP contribution < -0.4 is 0 Å². The Labute approximate surface area is 265 Å². The molecule has 238 valence electrons. The summed E-state index contributed by atoms with van der Waals surface area (Å²) < 4.78 is 57.3. The smallest absolute Gasteiger partial charge is 0.264 e. The van der Waals surface area contributed by atoms with E-state index in [9.17, 15) is 22.0 Å². The van der Waals surface area contributed by atoms with E-state index in [-0.39, 0.29) is 27.9 Å². The first-order chi connectivity index (χ1) is 21.1. The maximum absolute atomic E-state index is 13.0. The van der Waals surface area contributed by atoms with Crippen molar-refractivity contribution < 1.29 is 26.8 Å². The monoisotopic (exact) mass is 650 g/mol. The van der Waals surface area contributed by atoms with E-state index >= 15 is 0 Å². The molecule has 10 nitrogen and oxygen atoms in total. The predicted molar refractivity (Wildman–Crippen MR) is 173 cm³/mol. The first-order valence-electron chi connectivity index (χ1n) is 14.5. The fraction of sp³-hybridized carbons (Fsp3) is 0.364. The van der Waals surface area contributed by atoms with E-state index in [1.807, 2.05) is 37.3 Å². The van der Waals surface area contributed by atoms with Crippen molar-refractivity contribution in [2.24, 2.45) is 0 Å². The minimum atomic E-state index is -4.31. The quantitative estimate of drug-likeness (QED) is 0.203. The van der Waals surface area contributed by atoms with Crippen LogP contribution in [0.5, 0.6) is 0 Å². The third-order valence-corrected chi connectivity index (χ3v) is 12.4. The molecule has 0 amide bonds. The standard InChI is InChI=1S/C33H38N4O6S2/c1-25-6-15-30(16-7-25)45(41,42)37(38)22-32(2,44(5,39)40)18-19-36-21-28-20-27(12-17-31(28)34-36)9-8-26-10-13-29(14-11-26)33(35(3)4)23-43-24-33/h6-7,10-17,20-21,38H,18-19,22-24H2,1-5H3/t32-/m1/s1. The molecule has 4 aromatic rings. The van der Waals surface area contributed by atoms with Crippen molar-refractivity contribution in [3.05, 3.63) is 95.2 Å². The molecule has 1 aromatic heterocycles. The molecule has 0 radical (unpaired) electrons. The predicted octanol–water partition coefficient (Wildman–Crippen LogP) is 3.81. The van der Waals surface area contributed by atoms with Crippen LogP contribution in [0.2, 0.25) is 0 Å². The Bertz CT molecular complexity index is 1970. The van der Waals surface area contributed by atoms with Crippen LogP contribution in [-0.2, 0) is 36.7 Å². The maximum atomic E-state index is 13.0. The van der Waals surface area contributed by atoms with Crippen LogP contribution in [0, 0.1) is 18.8 Å². The molecular weight excluding hydrogens is 613 g/mol. The van der Waals surface area contributed by atoms with Crippen molar-refractivity contribution in [3.8, 4) is 11.8 Å². The molecule has 1 aliphatic heterocycles. The van der Waals surface area contributed by atoms with Crippen LogP contribution in [0.1, 0.15) is 35.6 Å². The SMILES string of the molecule is Cc1ccc(S(=O)(=O)N(O)C[C@@](C)(CCn2cc3cc(C#Cc4ccc(C5(N(C)C)COC5)cc4)ccc3n2)S(C)(=O)=O)cc1. The zero-order valence-corrected chi connectivity index (χ0v) is 27.7. The third-order valence-electron chi connectivity index (χ3n) is 8.69. The Hall–Kier alpha value is -3.57. The van der Waals surface area contributed by atoms with Gasteiger partial charge in [0.2, 0.25) is 0 Å². The minimum absolute atomic E-state index is 0.0180. The lowest BCUT2D eigenvalue weighted by atomic mass is 9.86. The number of ether oxygens (including phenoxy) is 1. The van der Waals surface area contributed by atoms with Gasteiger partial charge in [-0.1, -0.05) is 46.1 Å². The Morgan fingerprint density at radius 3 is 2.18 bits per heavy atom. The third kappa shape index (κ3) is 6.70. The van der Waals surface area contributed by atoms with E-state index in [1.54, 1.807) is 23.0 Å². The summed E-state index contributed by atoms with van der Waals surface area (Å²) in [4.78, 5) is 2.06. The molecule has 2 heterocycles. The summed E-state index contributed by atoms with van der Waals surface area (Å²) in [6, 6.07) is 19.9. The highest BCUT2D eigenvalue weighted by Crippen LogP contribution is 2.34. The first kappa shape index (κ1) is 32.8. The molecule has 0 aliphatic carbocycles. The summed E-state index contributed by atoms with van der Waals surface area (Å²) >= 11 is 0. The van der Waals surface area contributed by atoms with Gasteiger partial charge in [0.15, 0.2) is 9.84 Å². The highest BCUT2D eigenvalue weighted by atomic mass is 32.2.